The number of aromatic nitrogens is 1. The van der Waals surface area contributed by atoms with Gasteiger partial charge in [-0.2, -0.15) is 5.26 Å². The molecule has 0 saturated heterocycles. The van der Waals surface area contributed by atoms with Gasteiger partial charge in [-0.3, -0.25) is 4.79 Å². The van der Waals surface area contributed by atoms with Gasteiger partial charge in [-0.15, -0.1) is 0 Å². The Labute approximate surface area is 220 Å². The van der Waals surface area contributed by atoms with E-state index in [2.05, 4.69) is 55.7 Å². The first-order valence-corrected chi connectivity index (χ1v) is 15.6. The second-order valence-electron chi connectivity index (χ2n) is 8.28. The molecule has 1 rings (SSSR count). The van der Waals surface area contributed by atoms with Crippen LogP contribution in [0.4, 0.5) is 0 Å². The summed E-state index contributed by atoms with van der Waals surface area (Å²) < 4.78 is 20.3. The maximum absolute atomic E-state index is 12.0. The van der Waals surface area contributed by atoms with Crippen molar-refractivity contribution in [1.82, 2.24) is 15.0 Å². The van der Waals surface area contributed by atoms with Crippen LogP contribution in [-0.2, 0) is 18.6 Å². The van der Waals surface area contributed by atoms with Crippen molar-refractivity contribution in [3.8, 4) is 6.07 Å². The van der Waals surface area contributed by atoms with Crippen LogP contribution in [0.1, 0.15) is 60.3 Å². The van der Waals surface area contributed by atoms with Crippen LogP contribution in [0.25, 0.3) is 0 Å². The first-order valence-electron chi connectivity index (χ1n) is 12.2. The largest absolute Gasteiger partial charge is 0.379 e. The maximum Gasteiger partial charge on any atom is 0.259 e. The first-order chi connectivity index (χ1) is 16.9. The highest BCUT2D eigenvalue weighted by Crippen LogP contribution is 2.47. The van der Waals surface area contributed by atoms with Crippen molar-refractivity contribution in [3.63, 3.8) is 0 Å². The molecule has 0 bridgehead atoms. The standard InChI is InChI=1S/C24H41N4O4PS2/c1-6-22(32-33(31-17-9-13-25)28(20(2)3)21(4)5)19-30-16-10-15-26-23(29)12-18-34-35-24-11-7-8-14-27-24/h7-8,11,14,20-22H,6,9-10,12,15-19H2,1-5H3,(H,26,29). The number of carbonyl (C=O) groups excluding carboxylic acids is 1. The monoisotopic (exact) mass is 544 g/mol. The van der Waals surface area contributed by atoms with Gasteiger partial charge in [0, 0.05) is 43.6 Å². The van der Waals surface area contributed by atoms with Gasteiger partial charge in [0.2, 0.25) is 5.91 Å². The molecule has 0 saturated carbocycles. The Morgan fingerprint density at radius 3 is 2.66 bits per heavy atom. The van der Waals surface area contributed by atoms with E-state index in [-0.39, 0.29) is 24.1 Å². The summed E-state index contributed by atoms with van der Waals surface area (Å²) in [7, 11) is 1.93. The molecule has 0 aliphatic carbocycles. The highest BCUT2D eigenvalue weighted by Gasteiger charge is 2.29. The van der Waals surface area contributed by atoms with Gasteiger partial charge in [0.25, 0.3) is 8.53 Å². The lowest BCUT2D eigenvalue weighted by Gasteiger charge is -2.37. The predicted molar refractivity (Wildman–Crippen MR) is 146 cm³/mol. The third-order valence-electron chi connectivity index (χ3n) is 4.64. The quantitative estimate of drug-likeness (QED) is 0.124. The Balaban J connectivity index is 2.25. The second kappa shape index (κ2) is 20.2. The molecular weight excluding hydrogens is 503 g/mol. The van der Waals surface area contributed by atoms with Gasteiger partial charge in [0.1, 0.15) is 5.03 Å². The van der Waals surface area contributed by atoms with Crippen LogP contribution < -0.4 is 5.32 Å². The van der Waals surface area contributed by atoms with Gasteiger partial charge in [0.05, 0.1) is 31.8 Å². The highest BCUT2D eigenvalue weighted by atomic mass is 33.1. The van der Waals surface area contributed by atoms with Crippen LogP contribution in [0.5, 0.6) is 0 Å². The number of nitriles is 1. The van der Waals surface area contributed by atoms with Gasteiger partial charge < -0.3 is 19.1 Å². The van der Waals surface area contributed by atoms with E-state index in [1.54, 1.807) is 27.8 Å². The number of rotatable bonds is 20. The minimum atomic E-state index is -1.28. The van der Waals surface area contributed by atoms with Crippen LogP contribution in [0, 0.1) is 11.3 Å². The number of nitrogens with one attached hydrogen (secondary N) is 1. The molecule has 1 amide bonds. The molecule has 0 spiro atoms. The molecule has 8 nitrogen and oxygen atoms in total. The fraction of sp³-hybridized carbons (Fsp3) is 0.708. The lowest BCUT2D eigenvalue weighted by atomic mass is 10.3. The number of pyridine rings is 1. The topological polar surface area (TPSA) is 96.7 Å². The summed E-state index contributed by atoms with van der Waals surface area (Å²) in [6.07, 6.45) is 4.04. The summed E-state index contributed by atoms with van der Waals surface area (Å²) in [6, 6.07) is 8.44. The Kier molecular flexibility index (Phi) is 18.5. The van der Waals surface area contributed by atoms with Gasteiger partial charge in [-0.1, -0.05) is 23.8 Å². The summed E-state index contributed by atoms with van der Waals surface area (Å²) in [5, 5.41) is 12.8. The van der Waals surface area contributed by atoms with Crippen molar-refractivity contribution in [1.29, 1.82) is 5.26 Å². The van der Waals surface area contributed by atoms with Crippen molar-refractivity contribution in [2.75, 3.05) is 32.1 Å². The molecule has 2 unspecified atom stereocenters. The van der Waals surface area contributed by atoms with Crippen LogP contribution in [0.15, 0.2) is 29.4 Å². The average Bonchev–Trinajstić information content (AvgIpc) is 2.83. The molecule has 1 N–H and O–H groups in total. The number of hydrogen-bond donors (Lipinski definition) is 1. The zero-order valence-electron chi connectivity index (χ0n) is 21.6. The third-order valence-corrected chi connectivity index (χ3v) is 9.09. The normalized spacial score (nSPS) is 13.2. The molecule has 0 aliphatic heterocycles. The van der Waals surface area contributed by atoms with Crippen LogP contribution in [0.2, 0.25) is 0 Å². The molecule has 1 aromatic heterocycles. The zero-order chi connectivity index (χ0) is 25.9. The van der Waals surface area contributed by atoms with Crippen molar-refractivity contribution >= 4 is 36.0 Å². The number of carbonyl (C=O) groups is 1. The van der Waals surface area contributed by atoms with E-state index in [4.69, 9.17) is 19.0 Å². The minimum Gasteiger partial charge on any atom is -0.379 e. The molecule has 35 heavy (non-hydrogen) atoms. The van der Waals surface area contributed by atoms with Gasteiger partial charge in [-0.05, 0) is 63.5 Å². The molecule has 198 valence electrons. The van der Waals surface area contributed by atoms with Gasteiger partial charge in [-0.25, -0.2) is 9.65 Å². The fourth-order valence-corrected chi connectivity index (χ4v) is 6.62. The first kappa shape index (κ1) is 32.1. The highest BCUT2D eigenvalue weighted by molar-refractivity contribution is 8.76. The minimum absolute atomic E-state index is 0.0523. The number of nitrogens with zero attached hydrogens (tertiary/aromatic N) is 3. The summed E-state index contributed by atoms with van der Waals surface area (Å²) in [5.74, 6) is 0.791. The van der Waals surface area contributed by atoms with E-state index >= 15 is 0 Å². The Morgan fingerprint density at radius 2 is 2.03 bits per heavy atom. The lowest BCUT2D eigenvalue weighted by Crippen LogP contribution is -2.35. The molecule has 1 heterocycles. The third kappa shape index (κ3) is 15.0. The predicted octanol–water partition coefficient (Wildman–Crippen LogP) is 5.81. The van der Waals surface area contributed by atoms with Gasteiger partial charge >= 0.3 is 0 Å². The maximum atomic E-state index is 12.0. The molecule has 11 heteroatoms. The van der Waals surface area contributed by atoms with E-state index in [1.165, 1.54) is 0 Å². The summed E-state index contributed by atoms with van der Waals surface area (Å²) in [4.78, 5) is 16.2. The molecule has 0 aliphatic rings. The van der Waals surface area contributed by atoms with E-state index in [1.807, 2.05) is 18.2 Å². The van der Waals surface area contributed by atoms with Crippen molar-refractivity contribution < 1.29 is 18.6 Å². The van der Waals surface area contributed by atoms with E-state index in [9.17, 15) is 4.79 Å². The smallest absolute Gasteiger partial charge is 0.259 e. The van der Waals surface area contributed by atoms with Gasteiger partial charge in [0.15, 0.2) is 0 Å². The Hall–Kier alpha value is -0.920. The molecule has 2 atom stereocenters. The summed E-state index contributed by atoms with van der Waals surface area (Å²) >= 11 is 0. The number of amides is 1. The van der Waals surface area contributed by atoms with Crippen LogP contribution in [0.3, 0.4) is 0 Å². The zero-order valence-corrected chi connectivity index (χ0v) is 24.2. The summed E-state index contributed by atoms with van der Waals surface area (Å²) in [5.41, 5.74) is 0. The molecule has 0 fully saturated rings. The SMILES string of the molecule is CCC(COCCCNC(=O)CCSSc1ccccn1)OP(OCCC#N)N(C(C)C)C(C)C. The second-order valence-corrected chi connectivity index (χ2v) is 12.1. The Bertz CT molecular complexity index is 717. The average molecular weight is 545 g/mol. The van der Waals surface area contributed by atoms with Crippen LogP contribution >= 0.6 is 30.1 Å². The molecule has 1 aromatic rings. The van der Waals surface area contributed by atoms with E-state index < -0.39 is 8.53 Å². The van der Waals surface area contributed by atoms with E-state index in [0.29, 0.717) is 39.2 Å². The summed E-state index contributed by atoms with van der Waals surface area (Å²) in [6.45, 7) is 12.5. The Morgan fingerprint density at radius 1 is 1.26 bits per heavy atom. The lowest BCUT2D eigenvalue weighted by molar-refractivity contribution is -0.120. The molecule has 0 radical (unpaired) electrons. The number of hydrogen-bond acceptors (Lipinski definition) is 9. The fourth-order valence-electron chi connectivity index (χ4n) is 2.98. The van der Waals surface area contributed by atoms with E-state index in [0.717, 1.165) is 23.6 Å². The molecule has 0 aromatic carbocycles. The number of ether oxygens (including phenoxy) is 1. The molecular formula is C24H41N4O4PS2. The van der Waals surface area contributed by atoms with Crippen molar-refractivity contribution in [3.05, 3.63) is 24.4 Å². The van der Waals surface area contributed by atoms with Crippen LogP contribution in [-0.4, -0.2) is 65.9 Å². The van der Waals surface area contributed by atoms with Crippen molar-refractivity contribution in [2.45, 2.75) is 83.5 Å². The van der Waals surface area contributed by atoms with Crippen molar-refractivity contribution in [2.24, 2.45) is 0 Å².